The van der Waals surface area contributed by atoms with Gasteiger partial charge in [-0.2, -0.15) is 4.98 Å². The minimum absolute atomic E-state index is 0.00294. The minimum Gasteiger partial charge on any atom is -0.458 e. The van der Waals surface area contributed by atoms with E-state index >= 15 is 0 Å². The van der Waals surface area contributed by atoms with Crippen molar-refractivity contribution in [2.45, 2.75) is 75.3 Å². The SMILES string of the molecule is [C-]#[N+]C1(c2c(F)cc(CCC3(C4CCCC4)CC(=O)C(Cc4nc5ncc(Cl)cn5n4)C(=O)O3)cc2F)CC1. The van der Waals surface area contributed by atoms with Crippen LogP contribution in [0.25, 0.3) is 10.6 Å². The fraction of sp³-hybridized carbons (Fsp3) is 0.500. The number of ketones is 1. The second-order valence-corrected chi connectivity index (χ2v) is 11.4. The van der Waals surface area contributed by atoms with Gasteiger partial charge in [-0.15, -0.1) is 5.10 Å². The van der Waals surface area contributed by atoms with Crippen LogP contribution in [0.15, 0.2) is 24.5 Å². The van der Waals surface area contributed by atoms with Crippen molar-refractivity contribution in [3.63, 3.8) is 0 Å². The molecule has 2 saturated carbocycles. The van der Waals surface area contributed by atoms with Crippen LogP contribution in [0, 0.1) is 30.0 Å². The molecule has 3 heterocycles. The molecule has 202 valence electrons. The Kier molecular flexibility index (Phi) is 6.37. The minimum atomic E-state index is -1.09. The molecule has 1 aliphatic heterocycles. The van der Waals surface area contributed by atoms with Gasteiger partial charge in [0.15, 0.2) is 11.6 Å². The van der Waals surface area contributed by atoms with E-state index in [0.29, 0.717) is 29.2 Å². The molecule has 0 N–H and O–H groups in total. The normalized spacial score (nSPS) is 24.6. The number of carbonyl (C=O) groups is 2. The number of ether oxygens (including phenoxy) is 1. The zero-order valence-corrected chi connectivity index (χ0v) is 21.9. The number of rotatable bonds is 7. The molecular formula is C28H26ClF2N5O3. The van der Waals surface area contributed by atoms with Crippen LogP contribution in [0.3, 0.4) is 0 Å². The Morgan fingerprint density at radius 1 is 1.18 bits per heavy atom. The monoisotopic (exact) mass is 553 g/mol. The van der Waals surface area contributed by atoms with E-state index in [1.165, 1.54) is 29.0 Å². The first kappa shape index (κ1) is 25.8. The summed E-state index contributed by atoms with van der Waals surface area (Å²) in [6, 6.07) is 2.55. The van der Waals surface area contributed by atoms with Crippen molar-refractivity contribution in [1.29, 1.82) is 0 Å². The van der Waals surface area contributed by atoms with E-state index in [2.05, 4.69) is 19.9 Å². The molecule has 2 atom stereocenters. The summed E-state index contributed by atoms with van der Waals surface area (Å²) in [6.07, 6.45) is 7.99. The van der Waals surface area contributed by atoms with E-state index in [1.807, 2.05) is 0 Å². The van der Waals surface area contributed by atoms with Crippen LogP contribution >= 0.6 is 11.6 Å². The molecule has 1 aromatic carbocycles. The summed E-state index contributed by atoms with van der Waals surface area (Å²) >= 11 is 5.96. The molecule has 0 bridgehead atoms. The lowest BCUT2D eigenvalue weighted by atomic mass is 9.73. The second-order valence-electron chi connectivity index (χ2n) is 11.0. The van der Waals surface area contributed by atoms with Gasteiger partial charge in [0.1, 0.15) is 28.7 Å². The molecule has 2 aromatic heterocycles. The van der Waals surface area contributed by atoms with Gasteiger partial charge in [0.05, 0.1) is 17.4 Å². The number of Topliss-reactive ketones (excluding diaryl/α,β-unsaturated/α-hetero) is 1. The molecule has 0 spiro atoms. The third-order valence-corrected chi connectivity index (χ3v) is 8.68. The smallest absolute Gasteiger partial charge is 0.317 e. The summed E-state index contributed by atoms with van der Waals surface area (Å²) in [6.45, 7) is 7.34. The lowest BCUT2D eigenvalue weighted by Gasteiger charge is -2.43. The van der Waals surface area contributed by atoms with Crippen molar-refractivity contribution in [2.24, 2.45) is 11.8 Å². The van der Waals surface area contributed by atoms with E-state index in [-0.39, 0.29) is 48.8 Å². The number of fused-ring (bicyclic) bond motifs is 1. The number of cyclic esters (lactones) is 1. The van der Waals surface area contributed by atoms with Gasteiger partial charge in [-0.05, 0) is 49.3 Å². The van der Waals surface area contributed by atoms with Crippen LogP contribution in [0.5, 0.6) is 0 Å². The highest BCUT2D eigenvalue weighted by molar-refractivity contribution is 6.30. The highest BCUT2D eigenvalue weighted by atomic mass is 35.5. The quantitative estimate of drug-likeness (QED) is 0.227. The maximum Gasteiger partial charge on any atom is 0.317 e. The predicted octanol–water partition coefficient (Wildman–Crippen LogP) is 5.20. The largest absolute Gasteiger partial charge is 0.458 e. The van der Waals surface area contributed by atoms with Gasteiger partial charge in [0.2, 0.25) is 0 Å². The van der Waals surface area contributed by atoms with Crippen molar-refractivity contribution in [3.8, 4) is 0 Å². The van der Waals surface area contributed by atoms with Gasteiger partial charge >= 0.3 is 5.97 Å². The van der Waals surface area contributed by atoms with Crippen molar-refractivity contribution in [2.75, 3.05) is 0 Å². The highest BCUT2D eigenvalue weighted by Crippen LogP contribution is 2.51. The molecule has 2 unspecified atom stereocenters. The number of hydrogen-bond acceptors (Lipinski definition) is 6. The summed E-state index contributed by atoms with van der Waals surface area (Å²) in [4.78, 5) is 38.5. The van der Waals surface area contributed by atoms with Crippen molar-refractivity contribution < 1.29 is 23.1 Å². The average molecular weight is 554 g/mol. The molecule has 6 rings (SSSR count). The fourth-order valence-corrected chi connectivity index (χ4v) is 6.40. The molecule has 3 aliphatic rings. The summed E-state index contributed by atoms with van der Waals surface area (Å²) in [7, 11) is 0. The molecule has 0 amide bonds. The van der Waals surface area contributed by atoms with Crippen molar-refractivity contribution >= 4 is 29.1 Å². The highest BCUT2D eigenvalue weighted by Gasteiger charge is 2.56. The molecule has 0 radical (unpaired) electrons. The molecule has 39 heavy (non-hydrogen) atoms. The molecule has 1 saturated heterocycles. The van der Waals surface area contributed by atoms with Crippen molar-refractivity contribution in [1.82, 2.24) is 19.6 Å². The third-order valence-electron chi connectivity index (χ3n) is 8.48. The van der Waals surface area contributed by atoms with Crippen LogP contribution in [0.2, 0.25) is 5.02 Å². The maximum atomic E-state index is 14.9. The van der Waals surface area contributed by atoms with E-state index in [0.717, 1.165) is 25.7 Å². The van der Waals surface area contributed by atoms with E-state index in [4.69, 9.17) is 22.9 Å². The summed E-state index contributed by atoms with van der Waals surface area (Å²) < 4.78 is 37.4. The van der Waals surface area contributed by atoms with Gasteiger partial charge in [0.25, 0.3) is 11.3 Å². The third kappa shape index (κ3) is 4.67. The average Bonchev–Trinajstić information content (AvgIpc) is 3.28. The Morgan fingerprint density at radius 3 is 2.54 bits per heavy atom. The van der Waals surface area contributed by atoms with Gasteiger partial charge in [-0.3, -0.25) is 9.59 Å². The number of carbonyl (C=O) groups excluding carboxylic acids is 2. The number of aromatic nitrogens is 4. The van der Waals surface area contributed by atoms with Crippen LogP contribution in [-0.2, 0) is 32.7 Å². The van der Waals surface area contributed by atoms with Gasteiger partial charge in [-0.1, -0.05) is 24.4 Å². The Balaban J connectivity index is 1.21. The Hall–Kier alpha value is -3.45. The Bertz CT molecular complexity index is 1480. The van der Waals surface area contributed by atoms with Gasteiger partial charge in [-0.25, -0.2) is 24.9 Å². The van der Waals surface area contributed by atoms with Crippen molar-refractivity contribution in [3.05, 3.63) is 69.6 Å². The molecular weight excluding hydrogens is 528 g/mol. The zero-order chi connectivity index (χ0) is 27.4. The zero-order valence-electron chi connectivity index (χ0n) is 21.1. The number of esters is 1. The van der Waals surface area contributed by atoms with Crippen LogP contribution in [0.4, 0.5) is 8.78 Å². The van der Waals surface area contributed by atoms with Crippen LogP contribution in [0.1, 0.15) is 68.3 Å². The molecule has 2 aliphatic carbocycles. The van der Waals surface area contributed by atoms with Gasteiger partial charge < -0.3 is 9.58 Å². The lowest BCUT2D eigenvalue weighted by molar-refractivity contribution is -0.185. The number of nitrogens with zero attached hydrogens (tertiary/aromatic N) is 5. The number of halogens is 3. The van der Waals surface area contributed by atoms with Gasteiger partial charge in [0, 0.05) is 25.7 Å². The summed E-state index contributed by atoms with van der Waals surface area (Å²) in [5.41, 5.74) is -1.86. The number of hydrogen-bond donors (Lipinski definition) is 0. The van der Waals surface area contributed by atoms with Crippen LogP contribution in [-0.4, -0.2) is 36.9 Å². The van der Waals surface area contributed by atoms with E-state index in [9.17, 15) is 18.4 Å². The standard InChI is InChI=1S/C28H26ClF2N5O3/c1-32-27(8-9-27)24-20(30)10-16(11-21(24)31)6-7-28(17-4-2-3-5-17)13-22(37)19(25(38)39-28)12-23-34-26-33-14-18(29)15-36(26)35-23/h10-11,14-15,17,19H,2-9,12-13H2. The summed E-state index contributed by atoms with van der Waals surface area (Å²) in [5.74, 6) is -2.76. The van der Waals surface area contributed by atoms with E-state index in [1.54, 1.807) is 0 Å². The Labute approximate surface area is 228 Å². The molecule has 8 nitrogen and oxygen atoms in total. The Morgan fingerprint density at radius 2 is 1.90 bits per heavy atom. The predicted molar refractivity (Wildman–Crippen MR) is 136 cm³/mol. The topological polar surface area (TPSA) is 90.8 Å². The van der Waals surface area contributed by atoms with E-state index < -0.39 is 34.7 Å². The first-order valence-electron chi connectivity index (χ1n) is 13.2. The maximum absolute atomic E-state index is 14.9. The first-order chi connectivity index (χ1) is 18.7. The second kappa shape index (κ2) is 9.63. The summed E-state index contributed by atoms with van der Waals surface area (Å²) in [5, 5.41) is 4.66. The first-order valence-corrected chi connectivity index (χ1v) is 13.6. The molecule has 3 aromatic rings. The number of aryl methyl sites for hydroxylation is 1. The molecule has 3 fully saturated rings. The lowest BCUT2D eigenvalue weighted by Crippen LogP contribution is -2.52. The number of benzene rings is 1. The fourth-order valence-electron chi connectivity index (χ4n) is 6.26. The molecule has 11 heteroatoms. The van der Waals surface area contributed by atoms with Crippen LogP contribution < -0.4 is 0 Å².